The number of hydrogen-bond acceptors (Lipinski definition) is 5. The van der Waals surface area contributed by atoms with E-state index in [1.54, 1.807) is 6.08 Å². The van der Waals surface area contributed by atoms with E-state index in [1.807, 2.05) is 13.8 Å². The van der Waals surface area contributed by atoms with E-state index in [2.05, 4.69) is 0 Å². The van der Waals surface area contributed by atoms with Crippen molar-refractivity contribution >= 4 is 16.9 Å². The summed E-state index contributed by atoms with van der Waals surface area (Å²) in [4.78, 5) is 11.0. The maximum Gasteiger partial charge on any atom is 0.212 e. The molecule has 5 heteroatoms. The van der Waals surface area contributed by atoms with E-state index in [0.29, 0.717) is 6.61 Å². The Hall–Kier alpha value is -0.360. The molecule has 0 radical (unpaired) electrons. The quantitative estimate of drug-likeness (QED) is 0.756. The normalized spacial score (nSPS) is 36.1. The largest absolute Gasteiger partial charge is 0.389 e. The average molecular weight is 230 g/mol. The van der Waals surface area contributed by atoms with Gasteiger partial charge in [-0.15, -0.1) is 0 Å². The van der Waals surface area contributed by atoms with Crippen LogP contribution in [0.2, 0.25) is 0 Å². The molecule has 0 saturated carbocycles. The van der Waals surface area contributed by atoms with Crippen LogP contribution < -0.4 is 0 Å². The summed E-state index contributed by atoms with van der Waals surface area (Å²) in [6.07, 6.45) is 2.15. The molecular formula is C10H14O4S. The summed E-state index contributed by atoms with van der Waals surface area (Å²) in [6.45, 7) is 3.98. The summed E-state index contributed by atoms with van der Waals surface area (Å²) in [5.74, 6) is -0.636. The van der Waals surface area contributed by atoms with Crippen LogP contribution in [0.25, 0.3) is 0 Å². The highest BCUT2D eigenvalue weighted by Crippen LogP contribution is 2.31. The number of ether oxygens (including phenoxy) is 2. The van der Waals surface area contributed by atoms with Crippen molar-refractivity contribution in [2.45, 2.75) is 37.1 Å². The second-order valence-corrected chi connectivity index (χ2v) is 5.30. The first kappa shape index (κ1) is 11.1. The molecule has 3 atom stereocenters. The van der Waals surface area contributed by atoms with Gasteiger partial charge in [-0.05, 0) is 19.9 Å². The zero-order valence-corrected chi connectivity index (χ0v) is 9.49. The van der Waals surface area contributed by atoms with Crippen LogP contribution in [0.3, 0.4) is 0 Å². The highest BCUT2D eigenvalue weighted by Gasteiger charge is 2.40. The highest BCUT2D eigenvalue weighted by molar-refractivity contribution is 8.15. The molecular weight excluding hydrogens is 216 g/mol. The van der Waals surface area contributed by atoms with Crippen LogP contribution in [0.15, 0.2) is 12.2 Å². The Morgan fingerprint density at radius 1 is 1.67 bits per heavy atom. The van der Waals surface area contributed by atoms with Crippen LogP contribution in [0.4, 0.5) is 0 Å². The fraction of sp³-hybridized carbons (Fsp3) is 0.700. The van der Waals surface area contributed by atoms with Crippen molar-refractivity contribution in [2.24, 2.45) is 0 Å². The van der Waals surface area contributed by atoms with Gasteiger partial charge in [0.05, 0.1) is 18.0 Å². The first-order valence-corrected chi connectivity index (χ1v) is 5.74. The number of hydrogen-bond donors (Lipinski definition) is 1. The molecule has 0 amide bonds. The fourth-order valence-electron chi connectivity index (χ4n) is 1.66. The molecule has 1 saturated heterocycles. The maximum atomic E-state index is 11.0. The lowest BCUT2D eigenvalue weighted by Crippen LogP contribution is -2.37. The number of carbonyl (C=O) groups excluding carboxylic acids is 1. The molecule has 2 rings (SSSR count). The Kier molecular flexibility index (Phi) is 2.89. The lowest BCUT2D eigenvalue weighted by Gasteiger charge is -2.22. The molecule has 0 aromatic rings. The van der Waals surface area contributed by atoms with Gasteiger partial charge in [0, 0.05) is 0 Å². The van der Waals surface area contributed by atoms with Crippen molar-refractivity contribution in [2.75, 3.05) is 6.61 Å². The zero-order valence-electron chi connectivity index (χ0n) is 8.67. The van der Waals surface area contributed by atoms with Crippen LogP contribution in [-0.4, -0.2) is 40.1 Å². The van der Waals surface area contributed by atoms with E-state index in [9.17, 15) is 9.90 Å². The zero-order chi connectivity index (χ0) is 11.1. The van der Waals surface area contributed by atoms with Gasteiger partial charge in [0.15, 0.2) is 5.79 Å². The summed E-state index contributed by atoms with van der Waals surface area (Å²) in [5.41, 5.74) is 0. The van der Waals surface area contributed by atoms with Gasteiger partial charge in [-0.3, -0.25) is 4.79 Å². The topological polar surface area (TPSA) is 55.8 Å². The molecule has 0 aromatic carbocycles. The minimum Gasteiger partial charge on any atom is -0.389 e. The van der Waals surface area contributed by atoms with Gasteiger partial charge in [0.2, 0.25) is 5.12 Å². The maximum absolute atomic E-state index is 11.0. The van der Waals surface area contributed by atoms with Gasteiger partial charge in [-0.25, -0.2) is 0 Å². The summed E-state index contributed by atoms with van der Waals surface area (Å²) in [6, 6.07) is 0. The Labute approximate surface area is 92.6 Å². The summed E-state index contributed by atoms with van der Waals surface area (Å²) in [7, 11) is 0. The number of carbonyl (C=O) groups is 1. The van der Waals surface area contributed by atoms with E-state index in [0.717, 1.165) is 11.8 Å². The molecule has 84 valence electrons. The molecule has 2 aliphatic heterocycles. The Bertz CT molecular complexity index is 300. The van der Waals surface area contributed by atoms with E-state index < -0.39 is 11.9 Å². The van der Waals surface area contributed by atoms with Gasteiger partial charge in [-0.2, -0.15) is 0 Å². The second-order valence-electron chi connectivity index (χ2n) is 4.12. The van der Waals surface area contributed by atoms with Gasteiger partial charge in [-0.1, -0.05) is 17.8 Å². The summed E-state index contributed by atoms with van der Waals surface area (Å²) < 4.78 is 10.9. The van der Waals surface area contributed by atoms with E-state index in [4.69, 9.17) is 9.47 Å². The smallest absolute Gasteiger partial charge is 0.212 e. The minimum absolute atomic E-state index is 0.0165. The number of rotatable bonds is 2. The first-order valence-electron chi connectivity index (χ1n) is 4.87. The molecule has 0 unspecified atom stereocenters. The van der Waals surface area contributed by atoms with Crippen molar-refractivity contribution in [3.8, 4) is 0 Å². The molecule has 0 aromatic heterocycles. The van der Waals surface area contributed by atoms with Crippen molar-refractivity contribution in [3.63, 3.8) is 0 Å². The molecule has 0 aliphatic carbocycles. The third-order valence-electron chi connectivity index (χ3n) is 2.42. The minimum atomic E-state index is -0.695. The Balaban J connectivity index is 1.95. The van der Waals surface area contributed by atoms with Crippen molar-refractivity contribution in [1.82, 2.24) is 0 Å². The van der Waals surface area contributed by atoms with Crippen LogP contribution >= 0.6 is 11.8 Å². The van der Waals surface area contributed by atoms with E-state index >= 15 is 0 Å². The van der Waals surface area contributed by atoms with Crippen LogP contribution in [0.1, 0.15) is 13.8 Å². The van der Waals surface area contributed by atoms with Gasteiger partial charge in [0.25, 0.3) is 0 Å². The monoisotopic (exact) mass is 230 g/mol. The van der Waals surface area contributed by atoms with Gasteiger partial charge >= 0.3 is 0 Å². The first-order chi connectivity index (χ1) is 6.98. The van der Waals surface area contributed by atoms with Crippen LogP contribution in [0.5, 0.6) is 0 Å². The molecule has 4 nitrogen and oxygen atoms in total. The molecule has 0 spiro atoms. The van der Waals surface area contributed by atoms with Crippen molar-refractivity contribution < 1.29 is 19.4 Å². The van der Waals surface area contributed by atoms with E-state index in [-0.39, 0.29) is 16.5 Å². The van der Waals surface area contributed by atoms with Crippen LogP contribution in [0, 0.1) is 0 Å². The summed E-state index contributed by atoms with van der Waals surface area (Å²) >= 11 is 1.13. The number of thioether (sulfide) groups is 1. The average Bonchev–Trinajstić information content (AvgIpc) is 2.71. The van der Waals surface area contributed by atoms with Crippen molar-refractivity contribution in [3.05, 3.63) is 12.2 Å². The number of aliphatic hydroxyl groups excluding tert-OH is 1. The third-order valence-corrected chi connectivity index (χ3v) is 3.50. The predicted octanol–water partition coefficient (Wildman–Crippen LogP) is 0.697. The van der Waals surface area contributed by atoms with E-state index in [1.165, 1.54) is 6.08 Å². The molecule has 1 N–H and O–H groups in total. The standard InChI is InChI=1S/C10H14O4S/c1-10(2)13-5-6(14-10)9(12)7-3-4-8(11)15-7/h3-4,6-7,9,12H,5H2,1-2H3/t6-,7-,9-/m1/s1. The molecule has 2 aliphatic rings. The molecule has 2 heterocycles. The Morgan fingerprint density at radius 3 is 2.87 bits per heavy atom. The molecule has 0 bridgehead atoms. The lowest BCUT2D eigenvalue weighted by atomic mass is 10.1. The second kappa shape index (κ2) is 3.90. The molecule has 1 fully saturated rings. The predicted molar refractivity (Wildman–Crippen MR) is 56.4 cm³/mol. The SMILES string of the molecule is CC1(C)OC[C@H]([C@@H](O)[C@H]2C=CC(=O)S2)O1. The lowest BCUT2D eigenvalue weighted by molar-refractivity contribution is -0.150. The highest BCUT2D eigenvalue weighted by atomic mass is 32.2. The summed E-state index contributed by atoms with van der Waals surface area (Å²) in [5, 5.41) is 9.74. The third kappa shape index (κ3) is 2.42. The number of aliphatic hydroxyl groups is 1. The van der Waals surface area contributed by atoms with Gasteiger partial charge in [0.1, 0.15) is 6.10 Å². The van der Waals surface area contributed by atoms with Crippen LogP contribution in [-0.2, 0) is 14.3 Å². The Morgan fingerprint density at radius 2 is 2.40 bits per heavy atom. The van der Waals surface area contributed by atoms with Gasteiger partial charge < -0.3 is 14.6 Å². The molecule has 15 heavy (non-hydrogen) atoms. The fourth-order valence-corrected chi connectivity index (χ4v) is 2.56. The van der Waals surface area contributed by atoms with Crippen molar-refractivity contribution in [1.29, 1.82) is 0 Å².